The number of halogens is 2. The molecular weight excluding hydrogens is 391 g/mol. The lowest BCUT2D eigenvalue weighted by Crippen LogP contribution is -1.89. The molecule has 0 spiro atoms. The minimum absolute atomic E-state index is 0.727. The van der Waals surface area contributed by atoms with Crippen molar-refractivity contribution in [1.82, 2.24) is 0 Å². The van der Waals surface area contributed by atoms with Crippen molar-refractivity contribution in [2.75, 3.05) is 0 Å². The van der Waals surface area contributed by atoms with Crippen LogP contribution in [0.5, 0.6) is 0 Å². The van der Waals surface area contributed by atoms with E-state index in [9.17, 15) is 0 Å². The molecule has 0 N–H and O–H groups in total. The van der Waals surface area contributed by atoms with Gasteiger partial charge in [0.1, 0.15) is 0 Å². The molecule has 0 nitrogen and oxygen atoms in total. The molecule has 0 saturated carbocycles. The average Bonchev–Trinajstić information content (AvgIpc) is 2.68. The molecule has 0 bridgehead atoms. The van der Waals surface area contributed by atoms with Crippen molar-refractivity contribution in [3.63, 3.8) is 0 Å². The van der Waals surface area contributed by atoms with Gasteiger partial charge in [-0.25, -0.2) is 0 Å². The van der Waals surface area contributed by atoms with E-state index in [2.05, 4.69) is 49.6 Å². The quantitative estimate of drug-likeness (QED) is 0.326. The van der Waals surface area contributed by atoms with Gasteiger partial charge in [0.25, 0.3) is 0 Å². The predicted octanol–water partition coefficient (Wildman–Crippen LogP) is 8.74. The van der Waals surface area contributed by atoms with Crippen LogP contribution >= 0.6 is 35.0 Å². The van der Waals surface area contributed by atoms with Crippen LogP contribution in [0.25, 0.3) is 33.7 Å². The number of hydrogen-bond donors (Lipinski definition) is 0. The second kappa shape index (κ2) is 7.44. The van der Waals surface area contributed by atoms with Crippen molar-refractivity contribution >= 4 is 68.7 Å². The monoisotopic (exact) mass is 406 g/mol. The Balaban J connectivity index is 2.06. The van der Waals surface area contributed by atoms with Crippen LogP contribution in [0.1, 0.15) is 11.1 Å². The molecule has 4 aromatic rings. The fourth-order valence-corrected chi connectivity index (χ4v) is 5.35. The highest BCUT2D eigenvalue weighted by atomic mass is 35.5. The van der Waals surface area contributed by atoms with Gasteiger partial charge in [-0.1, -0.05) is 109 Å². The standard InChI is InChI=1S/C24H16Cl2S/c1-3-15-11-13-17-7-5-9-19(25)21(17)23(15)27-24-16(4-2)12-14-18-8-6-10-20(26)22(18)24/h3-14H,1-2H2. The summed E-state index contributed by atoms with van der Waals surface area (Å²) in [5, 5.41) is 5.71. The zero-order chi connectivity index (χ0) is 19.0. The summed E-state index contributed by atoms with van der Waals surface area (Å²) >= 11 is 14.8. The van der Waals surface area contributed by atoms with E-state index in [1.807, 2.05) is 36.4 Å². The van der Waals surface area contributed by atoms with E-state index in [4.69, 9.17) is 23.2 Å². The summed E-state index contributed by atoms with van der Waals surface area (Å²) in [5.74, 6) is 0. The van der Waals surface area contributed by atoms with Crippen LogP contribution in [0, 0.1) is 0 Å². The minimum Gasteiger partial charge on any atom is -0.0984 e. The van der Waals surface area contributed by atoms with Crippen molar-refractivity contribution < 1.29 is 0 Å². The Morgan fingerprint density at radius 2 is 1.07 bits per heavy atom. The lowest BCUT2D eigenvalue weighted by Gasteiger charge is -2.16. The summed E-state index contributed by atoms with van der Waals surface area (Å²) in [6.07, 6.45) is 3.73. The van der Waals surface area contributed by atoms with Crippen LogP contribution in [-0.2, 0) is 0 Å². The van der Waals surface area contributed by atoms with Gasteiger partial charge in [0, 0.05) is 30.6 Å². The Morgan fingerprint density at radius 3 is 1.48 bits per heavy atom. The maximum absolute atomic E-state index is 6.59. The molecule has 27 heavy (non-hydrogen) atoms. The first-order valence-corrected chi connectivity index (χ1v) is 10.1. The summed E-state index contributed by atoms with van der Waals surface area (Å²) in [6.45, 7) is 7.98. The molecule has 0 aliphatic rings. The van der Waals surface area contributed by atoms with Gasteiger partial charge in [-0.15, -0.1) is 0 Å². The van der Waals surface area contributed by atoms with Gasteiger partial charge in [0.2, 0.25) is 0 Å². The number of hydrogen-bond acceptors (Lipinski definition) is 1. The molecule has 132 valence electrons. The number of rotatable bonds is 4. The van der Waals surface area contributed by atoms with E-state index < -0.39 is 0 Å². The molecule has 0 radical (unpaired) electrons. The molecule has 0 fully saturated rings. The minimum atomic E-state index is 0.727. The van der Waals surface area contributed by atoms with Crippen molar-refractivity contribution in [3.05, 3.63) is 95.0 Å². The molecule has 0 heterocycles. The van der Waals surface area contributed by atoms with Crippen molar-refractivity contribution in [2.45, 2.75) is 9.79 Å². The molecule has 0 unspecified atom stereocenters. The van der Waals surface area contributed by atoms with E-state index in [0.717, 1.165) is 52.5 Å². The molecule has 0 saturated heterocycles. The molecule has 4 rings (SSSR count). The summed E-state index contributed by atoms with van der Waals surface area (Å²) < 4.78 is 0. The first kappa shape index (κ1) is 18.2. The maximum atomic E-state index is 6.59. The van der Waals surface area contributed by atoms with Gasteiger partial charge in [-0.3, -0.25) is 0 Å². The third-order valence-corrected chi connectivity index (χ3v) is 6.52. The summed E-state index contributed by atoms with van der Waals surface area (Å²) in [7, 11) is 0. The number of benzene rings is 4. The van der Waals surface area contributed by atoms with E-state index >= 15 is 0 Å². The topological polar surface area (TPSA) is 0 Å². The van der Waals surface area contributed by atoms with E-state index in [0.29, 0.717) is 0 Å². The molecule has 0 aliphatic carbocycles. The highest BCUT2D eigenvalue weighted by molar-refractivity contribution is 8.00. The fraction of sp³-hybridized carbons (Fsp3) is 0. The third kappa shape index (κ3) is 3.17. The molecule has 0 amide bonds. The van der Waals surface area contributed by atoms with Gasteiger partial charge >= 0.3 is 0 Å². The molecule has 0 aromatic heterocycles. The van der Waals surface area contributed by atoms with Crippen LogP contribution in [0.2, 0.25) is 10.0 Å². The van der Waals surface area contributed by atoms with Crippen LogP contribution in [0.15, 0.2) is 83.6 Å². The van der Waals surface area contributed by atoms with Crippen LogP contribution < -0.4 is 0 Å². The zero-order valence-corrected chi connectivity index (χ0v) is 16.8. The smallest absolute Gasteiger partial charge is 0.0496 e. The first-order chi connectivity index (χ1) is 13.1. The highest BCUT2D eigenvalue weighted by Gasteiger charge is 2.16. The van der Waals surface area contributed by atoms with Crippen LogP contribution in [0.3, 0.4) is 0 Å². The van der Waals surface area contributed by atoms with Crippen molar-refractivity contribution in [1.29, 1.82) is 0 Å². The molecule has 3 heteroatoms. The van der Waals surface area contributed by atoms with Gasteiger partial charge in [-0.05, 0) is 34.0 Å². The predicted molar refractivity (Wildman–Crippen MR) is 122 cm³/mol. The van der Waals surface area contributed by atoms with Gasteiger partial charge < -0.3 is 0 Å². The SMILES string of the molecule is C=Cc1ccc2cccc(Cl)c2c1Sc1c(C=C)ccc2cccc(Cl)c12. The average molecular weight is 407 g/mol. The lowest BCUT2D eigenvalue weighted by atomic mass is 10.1. The fourth-order valence-electron chi connectivity index (χ4n) is 3.28. The first-order valence-electron chi connectivity index (χ1n) is 8.49. The van der Waals surface area contributed by atoms with Crippen molar-refractivity contribution in [3.8, 4) is 0 Å². The summed E-state index contributed by atoms with van der Waals surface area (Å²) in [4.78, 5) is 2.15. The van der Waals surface area contributed by atoms with Gasteiger partial charge in [0.05, 0.1) is 0 Å². The second-order valence-electron chi connectivity index (χ2n) is 6.15. The Morgan fingerprint density at radius 1 is 0.630 bits per heavy atom. The third-order valence-electron chi connectivity index (χ3n) is 4.60. The number of fused-ring (bicyclic) bond motifs is 2. The van der Waals surface area contributed by atoms with Gasteiger partial charge in [0.15, 0.2) is 0 Å². The van der Waals surface area contributed by atoms with E-state index in [-0.39, 0.29) is 0 Å². The zero-order valence-electron chi connectivity index (χ0n) is 14.5. The Bertz CT molecular complexity index is 1110. The second-order valence-corrected chi connectivity index (χ2v) is 7.99. The maximum Gasteiger partial charge on any atom is 0.0496 e. The summed E-state index contributed by atoms with van der Waals surface area (Å²) in [5.41, 5.74) is 2.08. The van der Waals surface area contributed by atoms with E-state index in [1.54, 1.807) is 11.8 Å². The Labute approximate surface area is 173 Å². The lowest BCUT2D eigenvalue weighted by molar-refractivity contribution is 1.44. The molecule has 4 aromatic carbocycles. The Hall–Kier alpha value is -2.19. The normalized spacial score (nSPS) is 11.0. The van der Waals surface area contributed by atoms with Crippen LogP contribution in [-0.4, -0.2) is 0 Å². The van der Waals surface area contributed by atoms with Crippen molar-refractivity contribution in [2.24, 2.45) is 0 Å². The van der Waals surface area contributed by atoms with Crippen LogP contribution in [0.4, 0.5) is 0 Å². The molecule has 0 aliphatic heterocycles. The highest BCUT2D eigenvalue weighted by Crippen LogP contribution is 2.45. The van der Waals surface area contributed by atoms with E-state index in [1.165, 1.54) is 0 Å². The Kier molecular flexibility index (Phi) is 5.01. The summed E-state index contributed by atoms with van der Waals surface area (Å²) in [6, 6.07) is 20.2. The van der Waals surface area contributed by atoms with Gasteiger partial charge in [-0.2, -0.15) is 0 Å². The molecule has 0 atom stereocenters. The molecular formula is C24H16Cl2S. The largest absolute Gasteiger partial charge is 0.0984 e.